The second-order valence-corrected chi connectivity index (χ2v) is 8.71. The van der Waals surface area contributed by atoms with Gasteiger partial charge in [0.25, 0.3) is 11.8 Å². The number of carbonyl (C=O) groups excluding carboxylic acids is 5. The molecule has 1 N–H and O–H groups in total. The number of ketones is 1. The average Bonchev–Trinajstić information content (AvgIpc) is 3.54. The molecule has 10 nitrogen and oxygen atoms in total. The van der Waals surface area contributed by atoms with Gasteiger partial charge < -0.3 is 19.5 Å². The SMILES string of the molecule is CN1C(=O)N(CC(=O)OCC(=O)c2c[nH]c(C(=O)N3CCCC3)c2)C(=O)C12CCCCC2. The molecule has 2 saturated heterocycles. The number of urea groups is 1. The van der Waals surface area contributed by atoms with E-state index in [0.29, 0.717) is 31.6 Å². The Morgan fingerprint density at radius 2 is 1.75 bits per heavy atom. The number of rotatable bonds is 6. The first kappa shape index (κ1) is 22.0. The standard InChI is InChI=1S/C22H28N4O6/c1-24-21(31)26(20(30)22(24)7-3-2-4-8-22)13-18(28)32-14-17(27)15-11-16(23-12-15)19(29)25-9-5-6-10-25/h11-12,23H,2-10,13-14H2,1H3. The zero-order valence-electron chi connectivity index (χ0n) is 18.2. The molecular formula is C22H28N4O6. The van der Waals surface area contributed by atoms with Gasteiger partial charge in [-0.25, -0.2) is 4.79 Å². The Kier molecular flexibility index (Phi) is 6.03. The number of nitrogens with one attached hydrogen (secondary N) is 1. The number of ether oxygens (including phenoxy) is 1. The number of carbonyl (C=O) groups is 5. The maximum Gasteiger partial charge on any atom is 0.327 e. The van der Waals surface area contributed by atoms with Gasteiger partial charge in [0, 0.05) is 31.9 Å². The number of hydrogen-bond acceptors (Lipinski definition) is 6. The van der Waals surface area contributed by atoms with Crippen LogP contribution in [0.4, 0.5) is 4.79 Å². The highest BCUT2D eigenvalue weighted by molar-refractivity contribution is 6.08. The number of amides is 4. The van der Waals surface area contributed by atoms with E-state index in [-0.39, 0.29) is 17.4 Å². The number of esters is 1. The maximum atomic E-state index is 12.9. The van der Waals surface area contributed by atoms with Crippen molar-refractivity contribution in [1.29, 1.82) is 0 Å². The second kappa shape index (κ2) is 8.76. The summed E-state index contributed by atoms with van der Waals surface area (Å²) in [7, 11) is 1.59. The molecule has 3 aliphatic rings. The van der Waals surface area contributed by atoms with Crippen molar-refractivity contribution in [2.75, 3.05) is 33.3 Å². The molecule has 10 heteroatoms. The molecule has 32 heavy (non-hydrogen) atoms. The third-order valence-electron chi connectivity index (χ3n) is 6.76. The second-order valence-electron chi connectivity index (χ2n) is 8.71. The van der Waals surface area contributed by atoms with Gasteiger partial charge in [-0.05, 0) is 31.7 Å². The Bertz CT molecular complexity index is 942. The van der Waals surface area contributed by atoms with Gasteiger partial charge in [0.15, 0.2) is 6.61 Å². The molecule has 2 aliphatic heterocycles. The van der Waals surface area contributed by atoms with Crippen LogP contribution in [-0.2, 0) is 14.3 Å². The molecule has 1 spiro atoms. The molecule has 0 bridgehead atoms. The first-order valence-corrected chi connectivity index (χ1v) is 11.1. The van der Waals surface area contributed by atoms with E-state index in [0.717, 1.165) is 37.0 Å². The molecule has 1 aliphatic carbocycles. The lowest BCUT2D eigenvalue weighted by Crippen LogP contribution is -2.49. The summed E-state index contributed by atoms with van der Waals surface area (Å²) < 4.78 is 5.04. The maximum absolute atomic E-state index is 12.9. The van der Waals surface area contributed by atoms with E-state index < -0.39 is 36.5 Å². The average molecular weight is 444 g/mol. The molecule has 172 valence electrons. The molecule has 0 unspecified atom stereocenters. The van der Waals surface area contributed by atoms with Crippen molar-refractivity contribution in [2.24, 2.45) is 0 Å². The Morgan fingerprint density at radius 1 is 1.06 bits per heavy atom. The van der Waals surface area contributed by atoms with Gasteiger partial charge >= 0.3 is 12.0 Å². The van der Waals surface area contributed by atoms with E-state index in [9.17, 15) is 24.0 Å². The van der Waals surface area contributed by atoms with Crippen molar-refractivity contribution >= 4 is 29.6 Å². The number of H-pyrrole nitrogens is 1. The predicted octanol–water partition coefficient (Wildman–Crippen LogP) is 1.57. The highest BCUT2D eigenvalue weighted by Crippen LogP contribution is 2.39. The Morgan fingerprint density at radius 3 is 2.44 bits per heavy atom. The summed E-state index contributed by atoms with van der Waals surface area (Å²) in [4.78, 5) is 69.4. The van der Waals surface area contributed by atoms with E-state index in [4.69, 9.17) is 4.74 Å². The summed E-state index contributed by atoms with van der Waals surface area (Å²) in [6.07, 6.45) is 7.25. The third kappa shape index (κ3) is 3.89. The van der Waals surface area contributed by atoms with Crippen molar-refractivity contribution < 1.29 is 28.7 Å². The quantitative estimate of drug-likeness (QED) is 0.404. The third-order valence-corrected chi connectivity index (χ3v) is 6.76. The van der Waals surface area contributed by atoms with Gasteiger partial charge in [0.2, 0.25) is 5.78 Å². The fourth-order valence-electron chi connectivity index (χ4n) is 4.84. The van der Waals surface area contributed by atoms with Crippen LogP contribution in [-0.4, -0.2) is 88.1 Å². The normalized spacial score (nSPS) is 20.3. The molecule has 1 saturated carbocycles. The monoisotopic (exact) mass is 444 g/mol. The van der Waals surface area contributed by atoms with E-state index in [1.54, 1.807) is 11.9 Å². The topological polar surface area (TPSA) is 120 Å². The fourth-order valence-corrected chi connectivity index (χ4v) is 4.84. The number of hydrogen-bond donors (Lipinski definition) is 1. The van der Waals surface area contributed by atoms with Crippen LogP contribution < -0.4 is 0 Å². The lowest BCUT2D eigenvalue weighted by atomic mass is 9.81. The van der Waals surface area contributed by atoms with E-state index in [1.807, 2.05) is 0 Å². The molecule has 0 radical (unpaired) electrons. The lowest BCUT2D eigenvalue weighted by Gasteiger charge is -2.35. The Hall–Kier alpha value is -3.17. The van der Waals surface area contributed by atoms with Gasteiger partial charge in [-0.2, -0.15) is 0 Å². The van der Waals surface area contributed by atoms with Gasteiger partial charge in [-0.3, -0.25) is 24.1 Å². The molecule has 0 atom stereocenters. The van der Waals surface area contributed by atoms with Gasteiger partial charge in [0.05, 0.1) is 0 Å². The van der Waals surface area contributed by atoms with Crippen LogP contribution in [0.2, 0.25) is 0 Å². The van der Waals surface area contributed by atoms with E-state index in [2.05, 4.69) is 4.98 Å². The van der Waals surface area contributed by atoms with Crippen molar-refractivity contribution in [3.05, 3.63) is 23.5 Å². The van der Waals surface area contributed by atoms with Gasteiger partial charge in [-0.1, -0.05) is 19.3 Å². The van der Waals surface area contributed by atoms with Crippen LogP contribution in [0.5, 0.6) is 0 Å². The summed E-state index contributed by atoms with van der Waals surface area (Å²) >= 11 is 0. The number of likely N-dealkylation sites (tertiary alicyclic amines) is 1. The number of aromatic nitrogens is 1. The summed E-state index contributed by atoms with van der Waals surface area (Å²) in [5, 5.41) is 0. The number of nitrogens with zero attached hydrogens (tertiary/aromatic N) is 3. The number of likely N-dealkylation sites (N-methyl/N-ethyl adjacent to an activating group) is 1. The van der Waals surface area contributed by atoms with Crippen LogP contribution >= 0.6 is 0 Å². The Balaban J connectivity index is 1.31. The zero-order valence-corrected chi connectivity index (χ0v) is 18.2. The molecule has 4 amide bonds. The fraction of sp³-hybridized carbons (Fsp3) is 0.591. The number of imide groups is 1. The van der Waals surface area contributed by atoms with Crippen LogP contribution in [0.25, 0.3) is 0 Å². The zero-order chi connectivity index (χ0) is 22.9. The molecule has 4 rings (SSSR count). The molecule has 0 aromatic carbocycles. The Labute approximate surface area is 185 Å². The van der Waals surface area contributed by atoms with Gasteiger partial charge in [-0.15, -0.1) is 0 Å². The van der Waals surface area contributed by atoms with Crippen LogP contribution in [0, 0.1) is 0 Å². The first-order chi connectivity index (χ1) is 15.3. The summed E-state index contributed by atoms with van der Waals surface area (Å²) in [6.45, 7) is 0.334. The summed E-state index contributed by atoms with van der Waals surface area (Å²) in [5.74, 6) is -1.84. The smallest absolute Gasteiger partial charge is 0.327 e. The van der Waals surface area contributed by atoms with Crippen LogP contribution in [0.3, 0.4) is 0 Å². The lowest BCUT2D eigenvalue weighted by molar-refractivity contribution is -0.147. The highest BCUT2D eigenvalue weighted by Gasteiger charge is 2.56. The van der Waals surface area contributed by atoms with Crippen molar-refractivity contribution in [3.8, 4) is 0 Å². The van der Waals surface area contributed by atoms with Gasteiger partial charge in [0.1, 0.15) is 17.8 Å². The molecule has 3 heterocycles. The van der Waals surface area contributed by atoms with Crippen LogP contribution in [0.1, 0.15) is 65.8 Å². The van der Waals surface area contributed by atoms with E-state index >= 15 is 0 Å². The minimum atomic E-state index is -0.866. The molecule has 3 fully saturated rings. The number of Topliss-reactive ketones (excluding diaryl/α,β-unsaturated/α-hetero) is 1. The molecular weight excluding hydrogens is 416 g/mol. The van der Waals surface area contributed by atoms with E-state index in [1.165, 1.54) is 17.2 Å². The summed E-state index contributed by atoms with van der Waals surface area (Å²) in [6, 6.07) is 0.933. The van der Waals surface area contributed by atoms with Crippen molar-refractivity contribution in [1.82, 2.24) is 19.7 Å². The molecule has 1 aromatic rings. The minimum absolute atomic E-state index is 0.162. The predicted molar refractivity (Wildman–Crippen MR) is 112 cm³/mol. The largest absolute Gasteiger partial charge is 0.456 e. The highest BCUT2D eigenvalue weighted by atomic mass is 16.5. The van der Waals surface area contributed by atoms with Crippen molar-refractivity contribution in [3.63, 3.8) is 0 Å². The van der Waals surface area contributed by atoms with Crippen LogP contribution in [0.15, 0.2) is 12.3 Å². The van der Waals surface area contributed by atoms with Crippen molar-refractivity contribution in [2.45, 2.75) is 50.5 Å². The number of aromatic amines is 1. The minimum Gasteiger partial charge on any atom is -0.456 e. The summed E-state index contributed by atoms with van der Waals surface area (Å²) in [5.41, 5.74) is -0.320. The first-order valence-electron chi connectivity index (χ1n) is 11.1. The molecule has 1 aromatic heterocycles.